The molecule has 6 nitrogen and oxygen atoms in total. The third-order valence-electron chi connectivity index (χ3n) is 3.39. The van der Waals surface area contributed by atoms with E-state index < -0.39 is 11.9 Å². The molecule has 18 heavy (non-hydrogen) atoms. The van der Waals surface area contributed by atoms with Crippen molar-refractivity contribution in [2.45, 2.75) is 38.3 Å². The maximum Gasteiger partial charge on any atom is 0.240 e. The van der Waals surface area contributed by atoms with Crippen LogP contribution in [0.1, 0.15) is 26.2 Å². The fraction of sp³-hybridized carbons (Fsp3) is 0.833. The maximum absolute atomic E-state index is 12.2. The predicted molar refractivity (Wildman–Crippen MR) is 69.7 cm³/mol. The molecule has 1 heterocycles. The van der Waals surface area contributed by atoms with E-state index in [0.717, 1.165) is 25.9 Å². The molecule has 0 aliphatic carbocycles. The van der Waals surface area contributed by atoms with Gasteiger partial charge in [-0.1, -0.05) is 6.92 Å². The van der Waals surface area contributed by atoms with Crippen LogP contribution in [-0.2, 0) is 9.59 Å². The number of rotatable bonds is 4. The highest BCUT2D eigenvalue weighted by Crippen LogP contribution is 2.13. The zero-order chi connectivity index (χ0) is 13.7. The van der Waals surface area contributed by atoms with E-state index in [2.05, 4.69) is 18.9 Å². The molecule has 2 atom stereocenters. The summed E-state index contributed by atoms with van der Waals surface area (Å²) in [5, 5.41) is 0. The summed E-state index contributed by atoms with van der Waals surface area (Å²) in [6, 6.07) is -0.635. The zero-order valence-corrected chi connectivity index (χ0v) is 11.3. The molecule has 6 heteroatoms. The van der Waals surface area contributed by atoms with Gasteiger partial charge in [0.2, 0.25) is 11.8 Å². The first-order valence-corrected chi connectivity index (χ1v) is 6.48. The Hall–Kier alpha value is -1.14. The van der Waals surface area contributed by atoms with Gasteiger partial charge in [-0.25, -0.2) is 0 Å². The van der Waals surface area contributed by atoms with Crippen LogP contribution in [0.15, 0.2) is 0 Å². The molecule has 0 aromatic rings. The predicted octanol–water partition coefficient (Wildman–Crippen LogP) is -0.868. The minimum Gasteiger partial charge on any atom is -0.370 e. The van der Waals surface area contributed by atoms with Crippen LogP contribution in [0.4, 0.5) is 0 Å². The van der Waals surface area contributed by atoms with E-state index in [9.17, 15) is 9.59 Å². The normalized spacial score (nSPS) is 23.5. The minimum atomic E-state index is -0.806. The van der Waals surface area contributed by atoms with Gasteiger partial charge in [0.15, 0.2) is 0 Å². The van der Waals surface area contributed by atoms with Crippen molar-refractivity contribution in [1.29, 1.82) is 0 Å². The highest BCUT2D eigenvalue weighted by molar-refractivity contribution is 5.87. The average Bonchev–Trinajstić information content (AvgIpc) is 2.48. The van der Waals surface area contributed by atoms with E-state index in [1.807, 2.05) is 4.90 Å². The summed E-state index contributed by atoms with van der Waals surface area (Å²) >= 11 is 0. The lowest BCUT2D eigenvalue weighted by Gasteiger charge is -2.32. The van der Waals surface area contributed by atoms with Gasteiger partial charge in [-0.15, -0.1) is 0 Å². The Morgan fingerprint density at radius 1 is 1.39 bits per heavy atom. The van der Waals surface area contributed by atoms with Crippen molar-refractivity contribution in [3.63, 3.8) is 0 Å². The van der Waals surface area contributed by atoms with Crippen molar-refractivity contribution in [3.05, 3.63) is 0 Å². The third-order valence-corrected chi connectivity index (χ3v) is 3.39. The van der Waals surface area contributed by atoms with Gasteiger partial charge in [0.05, 0.1) is 12.5 Å². The van der Waals surface area contributed by atoms with Crippen molar-refractivity contribution >= 4 is 11.8 Å². The smallest absolute Gasteiger partial charge is 0.240 e. The van der Waals surface area contributed by atoms with Crippen molar-refractivity contribution in [1.82, 2.24) is 9.80 Å². The van der Waals surface area contributed by atoms with Gasteiger partial charge >= 0.3 is 0 Å². The fourth-order valence-corrected chi connectivity index (χ4v) is 2.40. The Labute approximate surface area is 108 Å². The molecule has 4 N–H and O–H groups in total. The summed E-state index contributed by atoms with van der Waals surface area (Å²) in [6.45, 7) is 4.59. The standard InChI is InChI=1S/C12H24N4O2/c1-3-9-8-15(2)5-4-6-16(9)12(18)10(13)7-11(14)17/h9-10H,3-8,13H2,1-2H3,(H2,14,17). The number of nitrogens with two attached hydrogens (primary N) is 2. The van der Waals surface area contributed by atoms with Crippen LogP contribution >= 0.6 is 0 Å². The van der Waals surface area contributed by atoms with Gasteiger partial charge in [-0.3, -0.25) is 9.59 Å². The van der Waals surface area contributed by atoms with Crippen LogP contribution in [-0.4, -0.2) is 60.4 Å². The quantitative estimate of drug-likeness (QED) is 0.684. The molecule has 1 aliphatic rings. The lowest BCUT2D eigenvalue weighted by Crippen LogP contribution is -2.51. The molecular weight excluding hydrogens is 232 g/mol. The molecule has 1 fully saturated rings. The Morgan fingerprint density at radius 3 is 2.61 bits per heavy atom. The van der Waals surface area contributed by atoms with E-state index in [0.29, 0.717) is 6.54 Å². The van der Waals surface area contributed by atoms with E-state index in [1.54, 1.807) is 0 Å². The summed E-state index contributed by atoms with van der Waals surface area (Å²) in [6.07, 6.45) is 1.74. The molecule has 1 saturated heterocycles. The van der Waals surface area contributed by atoms with Crippen LogP contribution in [0.25, 0.3) is 0 Å². The van der Waals surface area contributed by atoms with E-state index in [4.69, 9.17) is 11.5 Å². The first-order chi connectivity index (χ1) is 8.45. The molecule has 0 aromatic heterocycles. The molecule has 0 radical (unpaired) electrons. The van der Waals surface area contributed by atoms with Gasteiger partial charge in [0.1, 0.15) is 0 Å². The third kappa shape index (κ3) is 3.96. The molecule has 1 aliphatic heterocycles. The largest absolute Gasteiger partial charge is 0.370 e. The van der Waals surface area contributed by atoms with Crippen molar-refractivity contribution in [2.75, 3.05) is 26.7 Å². The van der Waals surface area contributed by atoms with Crippen molar-refractivity contribution in [2.24, 2.45) is 11.5 Å². The second-order valence-electron chi connectivity index (χ2n) is 4.99. The summed E-state index contributed by atoms with van der Waals surface area (Å²) < 4.78 is 0. The number of hydrogen-bond acceptors (Lipinski definition) is 4. The Bertz CT molecular complexity index is 308. The zero-order valence-electron chi connectivity index (χ0n) is 11.3. The first-order valence-electron chi connectivity index (χ1n) is 6.48. The summed E-state index contributed by atoms with van der Waals surface area (Å²) in [5.74, 6) is -0.688. The molecule has 2 amide bonds. The van der Waals surface area contributed by atoms with Crippen molar-refractivity contribution < 1.29 is 9.59 Å². The topological polar surface area (TPSA) is 92.7 Å². The Balaban J connectivity index is 2.71. The minimum absolute atomic E-state index is 0.0817. The second kappa shape index (κ2) is 6.70. The number of nitrogens with zero attached hydrogens (tertiary/aromatic N) is 2. The van der Waals surface area contributed by atoms with Gasteiger partial charge in [0.25, 0.3) is 0 Å². The van der Waals surface area contributed by atoms with Gasteiger partial charge in [-0.05, 0) is 26.4 Å². The molecule has 0 saturated carbocycles. The van der Waals surface area contributed by atoms with Crippen LogP contribution < -0.4 is 11.5 Å². The van der Waals surface area contributed by atoms with Gasteiger partial charge < -0.3 is 21.3 Å². The monoisotopic (exact) mass is 256 g/mol. The molecule has 104 valence electrons. The van der Waals surface area contributed by atoms with Crippen LogP contribution in [0.3, 0.4) is 0 Å². The Kier molecular flexibility index (Phi) is 5.55. The number of primary amides is 1. The summed E-state index contributed by atoms with van der Waals surface area (Å²) in [7, 11) is 2.06. The van der Waals surface area contributed by atoms with E-state index >= 15 is 0 Å². The molecule has 0 spiro atoms. The molecular formula is C12H24N4O2. The summed E-state index contributed by atoms with van der Waals surface area (Å²) in [4.78, 5) is 27.1. The van der Waals surface area contributed by atoms with Crippen LogP contribution in [0, 0.1) is 0 Å². The highest BCUT2D eigenvalue weighted by atomic mass is 16.2. The molecule has 0 aromatic carbocycles. The average molecular weight is 256 g/mol. The van der Waals surface area contributed by atoms with Gasteiger partial charge in [-0.2, -0.15) is 0 Å². The number of carbonyl (C=O) groups excluding carboxylic acids is 2. The van der Waals surface area contributed by atoms with Crippen molar-refractivity contribution in [3.8, 4) is 0 Å². The molecule has 1 rings (SSSR count). The molecule has 2 unspecified atom stereocenters. The number of amides is 2. The highest BCUT2D eigenvalue weighted by Gasteiger charge is 2.29. The summed E-state index contributed by atoms with van der Waals surface area (Å²) in [5.41, 5.74) is 10.8. The van der Waals surface area contributed by atoms with Crippen LogP contribution in [0.2, 0.25) is 0 Å². The first kappa shape index (κ1) is 14.9. The number of hydrogen-bond donors (Lipinski definition) is 2. The maximum atomic E-state index is 12.2. The number of likely N-dealkylation sites (N-methyl/N-ethyl adjacent to an activating group) is 1. The second-order valence-corrected chi connectivity index (χ2v) is 4.99. The lowest BCUT2D eigenvalue weighted by atomic mass is 10.1. The number of carbonyl (C=O) groups is 2. The van der Waals surface area contributed by atoms with Crippen LogP contribution in [0.5, 0.6) is 0 Å². The fourth-order valence-electron chi connectivity index (χ4n) is 2.40. The Morgan fingerprint density at radius 2 is 2.06 bits per heavy atom. The SMILES string of the molecule is CCC1CN(C)CCCN1C(=O)C(N)CC(N)=O. The van der Waals surface area contributed by atoms with E-state index in [-0.39, 0.29) is 18.4 Å². The molecule has 0 bridgehead atoms. The van der Waals surface area contributed by atoms with Gasteiger partial charge in [0, 0.05) is 19.1 Å². The van der Waals surface area contributed by atoms with E-state index in [1.165, 1.54) is 0 Å². The lowest BCUT2D eigenvalue weighted by molar-refractivity contribution is -0.136.